The van der Waals surface area contributed by atoms with Crippen molar-refractivity contribution in [3.8, 4) is 0 Å². The zero-order valence-corrected chi connectivity index (χ0v) is 54.5. The molecule has 2 unspecified atom stereocenters. The van der Waals surface area contributed by atoms with Gasteiger partial charge in [0.05, 0.1) is 13.2 Å². The Morgan fingerprint density at radius 1 is 0.215 bits per heavy atom. The summed E-state index contributed by atoms with van der Waals surface area (Å²) in [5.41, 5.74) is 0. The largest absolute Gasteiger partial charge is 0.353 e. The lowest BCUT2D eigenvalue weighted by molar-refractivity contribution is -0.208. The highest BCUT2D eigenvalue weighted by Gasteiger charge is 2.15. The summed E-state index contributed by atoms with van der Waals surface area (Å²) >= 11 is 0. The van der Waals surface area contributed by atoms with E-state index in [0.717, 1.165) is 116 Å². The van der Waals surface area contributed by atoms with E-state index in [1.807, 2.05) is 0 Å². The lowest BCUT2D eigenvalue weighted by Gasteiger charge is -2.22. The molecule has 0 bridgehead atoms. The normalized spacial score (nSPS) is 13.0. The third-order valence-electron chi connectivity index (χ3n) is 15.7. The van der Waals surface area contributed by atoms with Crippen molar-refractivity contribution in [2.24, 2.45) is 0 Å². The topological polar surface area (TPSA) is 64.6 Å². The summed E-state index contributed by atoms with van der Waals surface area (Å²) in [7, 11) is 0. The first-order valence-electron chi connectivity index (χ1n) is 35.8. The van der Waals surface area contributed by atoms with Crippen molar-refractivity contribution < 1.29 is 33.2 Å². The molecule has 2 atom stereocenters. The van der Waals surface area contributed by atoms with Crippen molar-refractivity contribution in [1.82, 2.24) is 0 Å². The van der Waals surface area contributed by atoms with E-state index in [9.17, 15) is 0 Å². The summed E-state index contributed by atoms with van der Waals surface area (Å²) in [6.45, 7) is 18.4. The Balaban J connectivity index is 5.69. The van der Waals surface area contributed by atoms with Crippen LogP contribution in [0, 0.1) is 0 Å². The average molecular weight is 1120 g/mol. The average Bonchev–Trinajstić information content (AvgIpc) is 3.45. The van der Waals surface area contributed by atoms with Crippen LogP contribution in [0.5, 0.6) is 0 Å². The number of hydrogen-bond donors (Lipinski definition) is 0. The molecule has 0 amide bonds. The van der Waals surface area contributed by atoms with Gasteiger partial charge in [0, 0.05) is 26.4 Å². The van der Waals surface area contributed by atoms with Gasteiger partial charge in [-0.1, -0.05) is 298 Å². The summed E-state index contributed by atoms with van der Waals surface area (Å²) in [5.74, 6) is 0. The molecular formula is C72H142O7. The fourth-order valence-corrected chi connectivity index (χ4v) is 10.4. The second-order valence-electron chi connectivity index (χ2n) is 23.8. The molecule has 0 aromatic carbocycles. The molecule has 0 aliphatic heterocycles. The Bertz CT molecular complexity index is 1020. The first-order chi connectivity index (χ1) is 39.1. The maximum atomic E-state index is 6.75. The molecule has 79 heavy (non-hydrogen) atoms. The van der Waals surface area contributed by atoms with Crippen LogP contribution < -0.4 is 0 Å². The van der Waals surface area contributed by atoms with Crippen molar-refractivity contribution in [2.45, 2.75) is 401 Å². The maximum Gasteiger partial charge on any atom is 0.180 e. The lowest BCUT2D eigenvalue weighted by atomic mass is 10.1. The molecule has 0 fully saturated rings. The zero-order valence-electron chi connectivity index (χ0n) is 54.5. The SMILES string of the molecule is CCCCCCCCCCOC(C=CCCCCC(OCCCCCCCCC)OCCCCCCCCC)OC(C=CCCCCC(OCCCCCCCCC)OCCCCCCCCC)OCCCCCCCCCC. The van der Waals surface area contributed by atoms with Gasteiger partial charge in [-0.05, 0) is 102 Å². The Morgan fingerprint density at radius 3 is 0.646 bits per heavy atom. The lowest BCUT2D eigenvalue weighted by Crippen LogP contribution is -2.25. The van der Waals surface area contributed by atoms with Gasteiger partial charge in [0.25, 0.3) is 0 Å². The van der Waals surface area contributed by atoms with Gasteiger partial charge >= 0.3 is 0 Å². The first kappa shape index (κ1) is 78.2. The Morgan fingerprint density at radius 2 is 0.418 bits per heavy atom. The van der Waals surface area contributed by atoms with Crippen LogP contribution in [0.4, 0.5) is 0 Å². The number of ether oxygens (including phenoxy) is 7. The predicted octanol–water partition coefficient (Wildman–Crippen LogP) is 23.9. The van der Waals surface area contributed by atoms with Crippen LogP contribution in [-0.2, 0) is 33.2 Å². The number of allylic oxidation sites excluding steroid dienone is 2. The maximum absolute atomic E-state index is 6.75. The standard InChI is InChI=1S/C72H142O7/c1-7-13-19-25-31-37-47-57-67-77-71(61-51-41-39-49-59-69(73-63-53-43-33-27-21-15-9-3)74-64-54-44-34-28-22-16-10-4)79-72(78-68-58-48-38-32-26-20-14-8-2)62-52-42-40-50-60-70(75-65-55-45-35-29-23-17-11-5)76-66-56-46-36-30-24-18-12-6/h51-52,61-62,69-72H,7-50,53-60,63-68H2,1-6H3. The fraction of sp³-hybridized carbons (Fsp3) is 0.944. The molecule has 0 aliphatic rings. The quantitative estimate of drug-likeness (QED) is 0.0342. The summed E-state index contributed by atoms with van der Waals surface area (Å²) in [4.78, 5) is 0. The van der Waals surface area contributed by atoms with E-state index >= 15 is 0 Å². The number of rotatable bonds is 70. The highest BCUT2D eigenvalue weighted by molar-refractivity contribution is 4.90. The van der Waals surface area contributed by atoms with Crippen LogP contribution >= 0.6 is 0 Å². The molecule has 7 nitrogen and oxygen atoms in total. The van der Waals surface area contributed by atoms with E-state index in [0.29, 0.717) is 13.2 Å². The highest BCUT2D eigenvalue weighted by Crippen LogP contribution is 2.19. The fourth-order valence-electron chi connectivity index (χ4n) is 10.4. The van der Waals surface area contributed by atoms with Crippen molar-refractivity contribution >= 4 is 0 Å². The molecule has 0 aromatic rings. The molecule has 0 heterocycles. The van der Waals surface area contributed by atoms with Crippen molar-refractivity contribution in [2.75, 3.05) is 39.6 Å². The second kappa shape index (κ2) is 69.7. The van der Waals surface area contributed by atoms with E-state index in [2.05, 4.69) is 65.8 Å². The van der Waals surface area contributed by atoms with Crippen molar-refractivity contribution in [3.05, 3.63) is 24.3 Å². The number of hydrogen-bond acceptors (Lipinski definition) is 7. The predicted molar refractivity (Wildman–Crippen MR) is 344 cm³/mol. The van der Waals surface area contributed by atoms with E-state index in [-0.39, 0.29) is 12.6 Å². The summed E-state index contributed by atoms with van der Waals surface area (Å²) in [5, 5.41) is 0. The zero-order chi connectivity index (χ0) is 57.1. The minimum atomic E-state index is -0.441. The van der Waals surface area contributed by atoms with E-state index in [1.54, 1.807) is 0 Å². The molecule has 0 aliphatic carbocycles. The highest BCUT2D eigenvalue weighted by atomic mass is 16.8. The second-order valence-corrected chi connectivity index (χ2v) is 23.8. The van der Waals surface area contributed by atoms with Crippen LogP contribution in [0.3, 0.4) is 0 Å². The van der Waals surface area contributed by atoms with Gasteiger partial charge in [0.1, 0.15) is 0 Å². The third kappa shape index (κ3) is 63.1. The molecule has 0 N–H and O–H groups in total. The molecular weight excluding hydrogens is 977 g/mol. The van der Waals surface area contributed by atoms with Crippen LogP contribution in [0.15, 0.2) is 24.3 Å². The van der Waals surface area contributed by atoms with Gasteiger partial charge in [0.15, 0.2) is 25.2 Å². The minimum Gasteiger partial charge on any atom is -0.353 e. The van der Waals surface area contributed by atoms with E-state index < -0.39 is 12.6 Å². The first-order valence-corrected chi connectivity index (χ1v) is 35.8. The third-order valence-corrected chi connectivity index (χ3v) is 15.7. The summed E-state index contributed by atoms with van der Waals surface area (Å²) in [6, 6.07) is 0. The van der Waals surface area contributed by atoms with Crippen LogP contribution in [-0.4, -0.2) is 64.8 Å². The summed E-state index contributed by atoms with van der Waals surface area (Å²) < 4.78 is 45.5. The van der Waals surface area contributed by atoms with Crippen molar-refractivity contribution in [3.63, 3.8) is 0 Å². The Labute approximate surface area is 495 Å². The van der Waals surface area contributed by atoms with Crippen LogP contribution in [0.2, 0.25) is 0 Å². The Kier molecular flexibility index (Phi) is 69.0. The molecule has 0 saturated heterocycles. The van der Waals surface area contributed by atoms with Gasteiger partial charge in [-0.15, -0.1) is 0 Å². The van der Waals surface area contributed by atoms with Gasteiger partial charge in [-0.25, -0.2) is 0 Å². The van der Waals surface area contributed by atoms with Crippen LogP contribution in [0.25, 0.3) is 0 Å². The molecule has 0 saturated carbocycles. The smallest absolute Gasteiger partial charge is 0.180 e. The molecule has 0 spiro atoms. The summed E-state index contributed by atoms with van der Waals surface area (Å²) in [6.07, 6.45) is 72.9. The number of unbranched alkanes of at least 4 members (excludes halogenated alkanes) is 42. The van der Waals surface area contributed by atoms with E-state index in [1.165, 1.54) is 244 Å². The molecule has 0 rings (SSSR count). The van der Waals surface area contributed by atoms with Crippen molar-refractivity contribution in [1.29, 1.82) is 0 Å². The molecule has 0 aromatic heterocycles. The molecule has 472 valence electrons. The minimum absolute atomic E-state index is 0.0940. The Hall–Kier alpha value is -0.800. The van der Waals surface area contributed by atoms with Gasteiger partial charge in [0.2, 0.25) is 0 Å². The van der Waals surface area contributed by atoms with Gasteiger partial charge in [-0.2, -0.15) is 0 Å². The molecule has 0 radical (unpaired) electrons. The molecule has 7 heteroatoms. The van der Waals surface area contributed by atoms with Gasteiger partial charge < -0.3 is 33.2 Å². The monoisotopic (exact) mass is 1120 g/mol. The van der Waals surface area contributed by atoms with Gasteiger partial charge in [-0.3, -0.25) is 0 Å². The van der Waals surface area contributed by atoms with E-state index in [4.69, 9.17) is 33.2 Å². The van der Waals surface area contributed by atoms with Crippen LogP contribution in [0.1, 0.15) is 375 Å².